The fourth-order valence-electron chi connectivity index (χ4n) is 1.87. The van der Waals surface area contributed by atoms with Crippen molar-refractivity contribution in [3.8, 4) is 0 Å². The summed E-state index contributed by atoms with van der Waals surface area (Å²) < 4.78 is 4.87. The van der Waals surface area contributed by atoms with E-state index in [1.165, 1.54) is 32.1 Å². The van der Waals surface area contributed by atoms with Gasteiger partial charge in [-0.25, -0.2) is 5.73 Å². The minimum Gasteiger partial charge on any atom is -0.465 e. The Balaban J connectivity index is 2.01. The van der Waals surface area contributed by atoms with Gasteiger partial charge in [-0.15, -0.1) is 0 Å². The third-order valence-corrected chi connectivity index (χ3v) is 2.66. The van der Waals surface area contributed by atoms with Crippen molar-refractivity contribution < 1.29 is 9.53 Å². The van der Waals surface area contributed by atoms with Crippen molar-refractivity contribution in [1.82, 2.24) is 5.73 Å². The zero-order valence-corrected chi connectivity index (χ0v) is 8.05. The molecule has 1 rings (SSSR count). The van der Waals surface area contributed by atoms with E-state index in [0.717, 1.165) is 12.3 Å². The van der Waals surface area contributed by atoms with Gasteiger partial charge in [-0.05, 0) is 12.3 Å². The Bertz CT molecular complexity index is 153. The number of rotatable bonds is 4. The topological polar surface area (TPSA) is 50.1 Å². The van der Waals surface area contributed by atoms with E-state index in [4.69, 9.17) is 10.5 Å². The van der Waals surface area contributed by atoms with E-state index in [1.54, 1.807) is 0 Å². The quantitative estimate of drug-likeness (QED) is 0.625. The Hall–Kier alpha value is -0.570. The summed E-state index contributed by atoms with van der Waals surface area (Å²) in [5.74, 6) is 0.364. The van der Waals surface area contributed by atoms with E-state index in [2.05, 4.69) is 0 Å². The molecule has 0 aromatic heterocycles. The van der Waals surface area contributed by atoms with Gasteiger partial charge in [-0.3, -0.25) is 4.79 Å². The molecule has 0 spiro atoms. The second-order valence-corrected chi connectivity index (χ2v) is 3.69. The van der Waals surface area contributed by atoms with E-state index in [1.807, 2.05) is 0 Å². The predicted octanol–water partition coefficient (Wildman–Crippen LogP) is 1.78. The summed E-state index contributed by atoms with van der Waals surface area (Å²) in [7, 11) is 0. The van der Waals surface area contributed by atoms with Crippen LogP contribution < -0.4 is 5.73 Å². The lowest BCUT2D eigenvalue weighted by Gasteiger charge is -2.20. The first-order valence-electron chi connectivity index (χ1n) is 5.13. The van der Waals surface area contributed by atoms with Gasteiger partial charge in [0.25, 0.3) is 0 Å². The summed E-state index contributed by atoms with van der Waals surface area (Å²) in [6.07, 6.45) is 7.60. The molecule has 0 heterocycles. The van der Waals surface area contributed by atoms with E-state index < -0.39 is 5.97 Å². The Morgan fingerprint density at radius 2 is 2.00 bits per heavy atom. The van der Waals surface area contributed by atoms with Gasteiger partial charge in [0.15, 0.2) is 0 Å². The van der Waals surface area contributed by atoms with Gasteiger partial charge in [0, 0.05) is 0 Å². The first-order chi connectivity index (χ1) is 6.33. The van der Waals surface area contributed by atoms with Crippen molar-refractivity contribution >= 4 is 5.97 Å². The summed E-state index contributed by atoms with van der Waals surface area (Å²) >= 11 is 0. The van der Waals surface area contributed by atoms with E-state index in [-0.39, 0.29) is 6.54 Å². The first kappa shape index (κ1) is 10.5. The summed E-state index contributed by atoms with van der Waals surface area (Å²) in [6.45, 7) is 0.271. The molecule has 0 aromatic carbocycles. The average molecular weight is 184 g/mol. The molecular weight excluding hydrogens is 166 g/mol. The molecule has 0 bridgehead atoms. The van der Waals surface area contributed by atoms with Crippen LogP contribution in [0.1, 0.15) is 38.5 Å². The highest BCUT2D eigenvalue weighted by Crippen LogP contribution is 2.25. The highest BCUT2D eigenvalue weighted by Gasteiger charge is 2.13. The zero-order chi connectivity index (χ0) is 9.52. The summed E-state index contributed by atoms with van der Waals surface area (Å²) in [6, 6.07) is 0. The number of nitrogens with one attached hydrogen (secondary N) is 1. The molecule has 13 heavy (non-hydrogen) atoms. The van der Waals surface area contributed by atoms with Crippen LogP contribution in [0.3, 0.4) is 0 Å². The van der Waals surface area contributed by atoms with Crippen LogP contribution in [0, 0.1) is 5.92 Å². The third-order valence-electron chi connectivity index (χ3n) is 2.66. The summed E-state index contributed by atoms with van der Waals surface area (Å²) in [4.78, 5) is 10.6. The van der Waals surface area contributed by atoms with Crippen LogP contribution in [0.15, 0.2) is 0 Å². The van der Waals surface area contributed by atoms with Crippen LogP contribution in [-0.4, -0.2) is 19.1 Å². The molecule has 0 aromatic rings. The maximum atomic E-state index is 10.6. The third kappa shape index (κ3) is 4.27. The molecule has 3 heteroatoms. The fourth-order valence-corrected chi connectivity index (χ4v) is 1.87. The molecule has 1 N–H and O–H groups in total. The molecule has 0 atom stereocenters. The number of ether oxygens (including phenoxy) is 1. The number of carbonyl (C=O) groups is 1. The lowest BCUT2D eigenvalue weighted by atomic mass is 9.87. The largest absolute Gasteiger partial charge is 0.465 e. The second kappa shape index (κ2) is 5.97. The first-order valence-corrected chi connectivity index (χ1v) is 5.13. The van der Waals surface area contributed by atoms with Gasteiger partial charge < -0.3 is 4.74 Å². The van der Waals surface area contributed by atoms with Gasteiger partial charge in [-0.1, -0.05) is 32.1 Å². The fraction of sp³-hybridized carbons (Fsp3) is 0.900. The Morgan fingerprint density at radius 3 is 2.62 bits per heavy atom. The molecule has 0 saturated heterocycles. The molecule has 1 radical (unpaired) electrons. The predicted molar refractivity (Wildman–Crippen MR) is 50.1 cm³/mol. The van der Waals surface area contributed by atoms with E-state index >= 15 is 0 Å². The molecule has 0 amide bonds. The van der Waals surface area contributed by atoms with Crippen LogP contribution in [0.4, 0.5) is 0 Å². The van der Waals surface area contributed by atoms with Crippen molar-refractivity contribution in [3.63, 3.8) is 0 Å². The van der Waals surface area contributed by atoms with Crippen molar-refractivity contribution in [2.45, 2.75) is 38.5 Å². The number of hydrogen-bond acceptors (Lipinski definition) is 2. The summed E-state index contributed by atoms with van der Waals surface area (Å²) in [5, 5.41) is 0. The molecule has 0 aliphatic heterocycles. The molecule has 1 saturated carbocycles. The normalized spacial score (nSPS) is 18.5. The molecule has 3 nitrogen and oxygen atoms in total. The lowest BCUT2D eigenvalue weighted by Crippen LogP contribution is -2.14. The van der Waals surface area contributed by atoms with Crippen molar-refractivity contribution in [3.05, 3.63) is 0 Å². The monoisotopic (exact) mass is 184 g/mol. The van der Waals surface area contributed by atoms with Gasteiger partial charge in [0.2, 0.25) is 0 Å². The summed E-state index contributed by atoms with van der Waals surface area (Å²) in [5.41, 5.74) is 6.76. The Kier molecular flexibility index (Phi) is 4.83. The van der Waals surface area contributed by atoms with Crippen LogP contribution in [0.2, 0.25) is 0 Å². The van der Waals surface area contributed by atoms with Crippen LogP contribution in [0.5, 0.6) is 0 Å². The SMILES string of the molecule is [NH]CC(=O)OCCC1CCCCC1. The highest BCUT2D eigenvalue weighted by molar-refractivity contribution is 5.71. The van der Waals surface area contributed by atoms with Gasteiger partial charge in [-0.2, -0.15) is 0 Å². The molecule has 1 fully saturated rings. The average Bonchev–Trinajstić information content (AvgIpc) is 2.19. The van der Waals surface area contributed by atoms with Crippen LogP contribution in [-0.2, 0) is 9.53 Å². The molecule has 1 aliphatic carbocycles. The highest BCUT2D eigenvalue weighted by atomic mass is 16.5. The van der Waals surface area contributed by atoms with Crippen LogP contribution >= 0.6 is 0 Å². The smallest absolute Gasteiger partial charge is 0.321 e. The maximum absolute atomic E-state index is 10.6. The Labute approximate surface area is 79.6 Å². The van der Waals surface area contributed by atoms with Gasteiger partial charge >= 0.3 is 5.97 Å². The van der Waals surface area contributed by atoms with E-state index in [0.29, 0.717) is 6.61 Å². The van der Waals surface area contributed by atoms with Gasteiger partial charge in [0.05, 0.1) is 6.61 Å². The van der Waals surface area contributed by atoms with Crippen molar-refractivity contribution in [1.29, 1.82) is 0 Å². The standard InChI is InChI=1S/C10H18NO2/c11-8-10(12)13-7-6-9-4-2-1-3-5-9/h9,11H,1-8H2. The Morgan fingerprint density at radius 1 is 1.31 bits per heavy atom. The minimum absolute atomic E-state index is 0.245. The maximum Gasteiger partial charge on any atom is 0.321 e. The molecular formula is C10H18NO2. The molecule has 1 aliphatic rings. The number of hydrogen-bond donors (Lipinski definition) is 0. The molecule has 0 unspecified atom stereocenters. The number of esters is 1. The zero-order valence-electron chi connectivity index (χ0n) is 8.05. The minimum atomic E-state index is -0.393. The van der Waals surface area contributed by atoms with Crippen LogP contribution in [0.25, 0.3) is 0 Å². The van der Waals surface area contributed by atoms with Gasteiger partial charge in [0.1, 0.15) is 6.54 Å². The van der Waals surface area contributed by atoms with Crippen molar-refractivity contribution in [2.24, 2.45) is 5.92 Å². The lowest BCUT2D eigenvalue weighted by molar-refractivity contribution is -0.142. The van der Waals surface area contributed by atoms with E-state index in [9.17, 15) is 4.79 Å². The second-order valence-electron chi connectivity index (χ2n) is 3.69. The molecule has 75 valence electrons. The van der Waals surface area contributed by atoms with Crippen molar-refractivity contribution in [2.75, 3.05) is 13.2 Å². The number of carbonyl (C=O) groups excluding carboxylic acids is 1.